The Morgan fingerprint density at radius 3 is 2.92 bits per heavy atom. The Balaban J connectivity index is 0.00000225. The van der Waals surface area contributed by atoms with Crippen molar-refractivity contribution in [2.45, 2.75) is 32.1 Å². The van der Waals surface area contributed by atoms with Gasteiger partial charge in [0.1, 0.15) is 5.75 Å². The highest BCUT2D eigenvalue weighted by Gasteiger charge is 2.25. The molecule has 138 valence electrons. The Morgan fingerprint density at radius 2 is 2.28 bits per heavy atom. The molecule has 2 heterocycles. The number of carbonyl (C=O) groups is 2. The Hall–Kier alpha value is -1.79. The summed E-state index contributed by atoms with van der Waals surface area (Å²) in [5, 5.41) is 6.26. The zero-order valence-corrected chi connectivity index (χ0v) is 15.4. The van der Waals surface area contributed by atoms with E-state index >= 15 is 0 Å². The smallest absolute Gasteiger partial charge is 0.227 e. The summed E-state index contributed by atoms with van der Waals surface area (Å²) >= 11 is 0. The molecule has 0 saturated carbocycles. The molecule has 0 radical (unpaired) electrons. The average molecular weight is 368 g/mol. The van der Waals surface area contributed by atoms with Crippen LogP contribution in [0.25, 0.3) is 0 Å². The fourth-order valence-corrected chi connectivity index (χ4v) is 3.40. The molecule has 1 atom stereocenters. The van der Waals surface area contributed by atoms with Crippen LogP contribution in [0.1, 0.15) is 32.1 Å². The summed E-state index contributed by atoms with van der Waals surface area (Å²) in [5.41, 5.74) is 1.44. The van der Waals surface area contributed by atoms with Gasteiger partial charge in [-0.2, -0.15) is 0 Å². The highest BCUT2D eigenvalue weighted by atomic mass is 35.5. The molecule has 2 aliphatic heterocycles. The van der Waals surface area contributed by atoms with Gasteiger partial charge in [-0.3, -0.25) is 9.59 Å². The van der Waals surface area contributed by atoms with Gasteiger partial charge in [0.25, 0.3) is 0 Å². The highest BCUT2D eigenvalue weighted by Crippen LogP contribution is 2.34. The molecule has 2 amide bonds. The zero-order chi connectivity index (χ0) is 16.9. The zero-order valence-electron chi connectivity index (χ0n) is 14.5. The lowest BCUT2D eigenvalue weighted by molar-refractivity contribution is -0.117. The fourth-order valence-electron chi connectivity index (χ4n) is 3.40. The van der Waals surface area contributed by atoms with E-state index in [4.69, 9.17) is 4.74 Å². The quantitative estimate of drug-likeness (QED) is 0.810. The molecular formula is C18H26ClN3O3. The van der Waals surface area contributed by atoms with Crippen LogP contribution in [0.4, 0.5) is 11.4 Å². The molecule has 2 saturated heterocycles. The van der Waals surface area contributed by atoms with Crippen molar-refractivity contribution in [3.63, 3.8) is 0 Å². The third-order valence-electron chi connectivity index (χ3n) is 4.77. The van der Waals surface area contributed by atoms with E-state index in [1.165, 1.54) is 0 Å². The largest absolute Gasteiger partial charge is 0.495 e. The minimum absolute atomic E-state index is 0. The van der Waals surface area contributed by atoms with Crippen LogP contribution in [0, 0.1) is 5.92 Å². The number of hydrogen-bond donors (Lipinski definition) is 2. The van der Waals surface area contributed by atoms with Crippen molar-refractivity contribution < 1.29 is 14.3 Å². The van der Waals surface area contributed by atoms with Crippen LogP contribution in [-0.2, 0) is 9.59 Å². The van der Waals surface area contributed by atoms with Gasteiger partial charge in [-0.05, 0) is 56.5 Å². The minimum atomic E-state index is 0. The fraction of sp³-hybridized carbons (Fsp3) is 0.556. The van der Waals surface area contributed by atoms with Crippen molar-refractivity contribution in [2.75, 3.05) is 37.0 Å². The number of amides is 2. The number of hydrogen-bond acceptors (Lipinski definition) is 4. The Morgan fingerprint density at radius 1 is 1.44 bits per heavy atom. The second-order valence-electron chi connectivity index (χ2n) is 6.48. The van der Waals surface area contributed by atoms with Crippen LogP contribution in [0.5, 0.6) is 5.75 Å². The summed E-state index contributed by atoms with van der Waals surface area (Å²) in [6.07, 6.45) is 4.00. The van der Waals surface area contributed by atoms with Crippen LogP contribution in [0.3, 0.4) is 0 Å². The predicted molar refractivity (Wildman–Crippen MR) is 101 cm³/mol. The molecule has 6 nitrogen and oxygen atoms in total. The Kier molecular flexibility index (Phi) is 7.08. The standard InChI is InChI=1S/C18H25N3O3.ClH/c1-24-16-6-5-14(11-15(16)21-10-2-3-18(21)23)20-17(22)7-4-13-8-9-19-12-13;/h5-6,11,13,19H,2-4,7-10,12H2,1H3,(H,20,22);1H. The first kappa shape index (κ1) is 19.5. The normalized spacial score (nSPS) is 19.6. The van der Waals surface area contributed by atoms with Crippen molar-refractivity contribution in [3.8, 4) is 5.75 Å². The molecule has 0 aromatic heterocycles. The summed E-state index contributed by atoms with van der Waals surface area (Å²) in [5.74, 6) is 1.38. The maximum Gasteiger partial charge on any atom is 0.227 e. The van der Waals surface area contributed by atoms with E-state index in [1.54, 1.807) is 18.1 Å². The monoisotopic (exact) mass is 367 g/mol. The molecule has 3 rings (SSSR count). The van der Waals surface area contributed by atoms with E-state index in [9.17, 15) is 9.59 Å². The van der Waals surface area contributed by atoms with Crippen molar-refractivity contribution >= 4 is 35.6 Å². The molecular weight excluding hydrogens is 342 g/mol. The molecule has 7 heteroatoms. The van der Waals surface area contributed by atoms with Crippen LogP contribution < -0.4 is 20.3 Å². The second-order valence-corrected chi connectivity index (χ2v) is 6.48. The summed E-state index contributed by atoms with van der Waals surface area (Å²) < 4.78 is 5.37. The maximum absolute atomic E-state index is 12.2. The molecule has 2 fully saturated rings. The number of nitrogens with zero attached hydrogens (tertiary/aromatic N) is 1. The second kappa shape index (κ2) is 9.06. The number of ether oxygens (including phenoxy) is 1. The molecule has 1 aromatic carbocycles. The molecule has 2 N–H and O–H groups in total. The summed E-state index contributed by atoms with van der Waals surface area (Å²) in [6, 6.07) is 5.45. The first-order valence-corrected chi connectivity index (χ1v) is 8.66. The van der Waals surface area contributed by atoms with Gasteiger partial charge in [0, 0.05) is 25.1 Å². The van der Waals surface area contributed by atoms with E-state index in [0.29, 0.717) is 36.7 Å². The molecule has 0 bridgehead atoms. The van der Waals surface area contributed by atoms with E-state index in [1.807, 2.05) is 12.1 Å². The van der Waals surface area contributed by atoms with Crippen molar-refractivity contribution in [1.29, 1.82) is 0 Å². The number of halogens is 1. The van der Waals surface area contributed by atoms with E-state index < -0.39 is 0 Å². The van der Waals surface area contributed by atoms with Crippen molar-refractivity contribution in [2.24, 2.45) is 5.92 Å². The van der Waals surface area contributed by atoms with Gasteiger partial charge >= 0.3 is 0 Å². The summed E-state index contributed by atoms with van der Waals surface area (Å²) in [6.45, 7) is 2.76. The Bertz CT molecular complexity index is 618. The summed E-state index contributed by atoms with van der Waals surface area (Å²) in [7, 11) is 1.59. The van der Waals surface area contributed by atoms with Crippen LogP contribution in [-0.4, -0.2) is 38.6 Å². The number of carbonyl (C=O) groups excluding carboxylic acids is 2. The third kappa shape index (κ3) is 4.86. The summed E-state index contributed by atoms with van der Waals surface area (Å²) in [4.78, 5) is 25.9. The SMILES string of the molecule is COc1ccc(NC(=O)CCC2CCNC2)cc1N1CCCC1=O.Cl. The van der Waals surface area contributed by atoms with E-state index in [0.717, 1.165) is 38.0 Å². The number of anilines is 2. The van der Waals surface area contributed by atoms with Crippen LogP contribution >= 0.6 is 12.4 Å². The lowest BCUT2D eigenvalue weighted by Gasteiger charge is -2.20. The van der Waals surface area contributed by atoms with Gasteiger partial charge in [0.15, 0.2) is 0 Å². The lowest BCUT2D eigenvalue weighted by Crippen LogP contribution is -2.24. The molecule has 0 aliphatic carbocycles. The predicted octanol–water partition coefficient (Wildman–Crippen LogP) is 2.57. The number of benzene rings is 1. The van der Waals surface area contributed by atoms with Crippen LogP contribution in [0.15, 0.2) is 18.2 Å². The molecule has 0 spiro atoms. The van der Waals surface area contributed by atoms with Gasteiger partial charge < -0.3 is 20.3 Å². The highest BCUT2D eigenvalue weighted by molar-refractivity contribution is 5.98. The van der Waals surface area contributed by atoms with Crippen molar-refractivity contribution in [3.05, 3.63) is 18.2 Å². The number of rotatable bonds is 6. The first-order valence-electron chi connectivity index (χ1n) is 8.66. The van der Waals surface area contributed by atoms with Gasteiger partial charge in [0.2, 0.25) is 11.8 Å². The van der Waals surface area contributed by atoms with E-state index in [-0.39, 0.29) is 24.2 Å². The molecule has 1 aromatic rings. The lowest BCUT2D eigenvalue weighted by atomic mass is 10.0. The minimum Gasteiger partial charge on any atom is -0.495 e. The molecule has 25 heavy (non-hydrogen) atoms. The van der Waals surface area contributed by atoms with Crippen LogP contribution in [0.2, 0.25) is 0 Å². The molecule has 1 unspecified atom stereocenters. The number of methoxy groups -OCH3 is 1. The maximum atomic E-state index is 12.2. The van der Waals surface area contributed by atoms with Gasteiger partial charge in [-0.1, -0.05) is 0 Å². The van der Waals surface area contributed by atoms with E-state index in [2.05, 4.69) is 10.6 Å². The topological polar surface area (TPSA) is 70.7 Å². The van der Waals surface area contributed by atoms with Gasteiger partial charge in [-0.25, -0.2) is 0 Å². The third-order valence-corrected chi connectivity index (χ3v) is 4.77. The van der Waals surface area contributed by atoms with Gasteiger partial charge in [-0.15, -0.1) is 12.4 Å². The first-order chi connectivity index (χ1) is 11.7. The number of nitrogens with one attached hydrogen (secondary N) is 2. The van der Waals surface area contributed by atoms with Crippen molar-refractivity contribution in [1.82, 2.24) is 5.32 Å². The van der Waals surface area contributed by atoms with Gasteiger partial charge in [0.05, 0.1) is 12.8 Å². The Labute approximate surface area is 154 Å². The molecule has 2 aliphatic rings. The average Bonchev–Trinajstić information content (AvgIpc) is 3.24.